The predicted octanol–water partition coefficient (Wildman–Crippen LogP) is 1.37. The van der Waals surface area contributed by atoms with Crippen molar-refractivity contribution in [1.82, 2.24) is 14.8 Å². The van der Waals surface area contributed by atoms with E-state index in [-0.39, 0.29) is 28.8 Å². The highest BCUT2D eigenvalue weighted by atomic mass is 16.5. The number of likely N-dealkylation sites (N-methyl/N-ethyl adjacent to an activating group) is 1. The second-order valence-electron chi connectivity index (χ2n) is 7.28. The normalized spacial score (nSPS) is 11.2. The summed E-state index contributed by atoms with van der Waals surface area (Å²) < 4.78 is 7.20. The molecule has 0 fully saturated rings. The first-order valence-electron chi connectivity index (χ1n) is 9.43. The number of aromatic nitrogens is 4. The molecule has 160 valence electrons. The number of benzene rings is 1. The molecule has 10 nitrogen and oxygen atoms in total. The number of H-pyrrole nitrogens is 1. The Morgan fingerprint density at radius 3 is 2.63 bits per heavy atom. The monoisotopic (exact) mass is 416 g/mol. The number of rotatable bonds is 7. The lowest BCUT2D eigenvalue weighted by molar-refractivity contribution is -0.894. The van der Waals surface area contributed by atoms with Crippen LogP contribution in [0.1, 0.15) is 25.3 Å². The Morgan fingerprint density at radius 2 is 2.00 bits per heavy atom. The third-order valence-electron chi connectivity index (χ3n) is 4.85. The van der Waals surface area contributed by atoms with Gasteiger partial charge in [-0.15, -0.1) is 0 Å². The summed E-state index contributed by atoms with van der Waals surface area (Å²) in [5, 5.41) is 37.3. The average molecular weight is 416 g/mol. The van der Waals surface area contributed by atoms with Gasteiger partial charge in [-0.3, -0.25) is 4.90 Å². The van der Waals surface area contributed by atoms with Crippen molar-refractivity contribution >= 4 is 5.82 Å². The lowest BCUT2D eigenvalue weighted by atomic mass is 9.98. The Hall–Kier alpha value is -3.53. The average Bonchev–Trinajstić information content (AvgIpc) is 3.06. The zero-order valence-electron chi connectivity index (χ0n) is 17.3. The van der Waals surface area contributed by atoms with Gasteiger partial charge in [0.25, 0.3) is 0 Å². The van der Waals surface area contributed by atoms with Crippen LogP contribution in [0.15, 0.2) is 35.3 Å². The van der Waals surface area contributed by atoms with E-state index in [1.165, 1.54) is 16.8 Å². The maximum absolute atomic E-state index is 12.5. The van der Waals surface area contributed by atoms with Gasteiger partial charge < -0.3 is 20.2 Å². The molecule has 0 radical (unpaired) electrons. The molecule has 0 atom stereocenters. The Bertz CT molecular complexity index is 1110. The van der Waals surface area contributed by atoms with Gasteiger partial charge >= 0.3 is 11.5 Å². The molecule has 2 aromatic heterocycles. The summed E-state index contributed by atoms with van der Waals surface area (Å²) in [4.78, 5) is 14.3. The number of nitrogens with zero attached hydrogens (tertiary/aromatic N) is 4. The maximum Gasteiger partial charge on any atom is 0.348 e. The fourth-order valence-corrected chi connectivity index (χ4v) is 3.20. The van der Waals surface area contributed by atoms with Crippen molar-refractivity contribution < 1.29 is 24.9 Å². The van der Waals surface area contributed by atoms with Gasteiger partial charge in [-0.25, -0.2) is 14.5 Å². The summed E-state index contributed by atoms with van der Waals surface area (Å²) >= 11 is 0. The number of hydrogen-bond acceptors (Lipinski definition) is 7. The number of pyridine rings is 1. The molecule has 0 spiro atoms. The zero-order chi connectivity index (χ0) is 22.0. The molecule has 10 heteroatoms. The second-order valence-corrected chi connectivity index (χ2v) is 7.28. The SMILES string of the molecule is COCCN(C)c1ccc(-n2c(-c3cc(C(C)C)c(O)cc3O)n[nH]c2=O)c[n+]1O. The minimum absolute atomic E-state index is 0.00927. The highest BCUT2D eigenvalue weighted by Gasteiger charge is 2.22. The van der Waals surface area contributed by atoms with Crippen LogP contribution in [0.5, 0.6) is 11.5 Å². The number of anilines is 1. The molecule has 0 aliphatic heterocycles. The van der Waals surface area contributed by atoms with Crippen molar-refractivity contribution in [3.63, 3.8) is 0 Å². The van der Waals surface area contributed by atoms with Crippen LogP contribution in [0, 0.1) is 0 Å². The van der Waals surface area contributed by atoms with Gasteiger partial charge in [0.2, 0.25) is 0 Å². The van der Waals surface area contributed by atoms with Gasteiger partial charge in [-0.1, -0.05) is 18.6 Å². The van der Waals surface area contributed by atoms with Crippen molar-refractivity contribution in [2.75, 3.05) is 32.2 Å². The fourth-order valence-electron chi connectivity index (χ4n) is 3.20. The molecule has 3 rings (SSSR count). The topological polar surface area (TPSA) is 128 Å². The molecule has 0 aliphatic carbocycles. The number of hydrogen-bond donors (Lipinski definition) is 4. The van der Waals surface area contributed by atoms with E-state index < -0.39 is 5.69 Å². The summed E-state index contributed by atoms with van der Waals surface area (Å²) in [6.07, 6.45) is 1.37. The van der Waals surface area contributed by atoms with Gasteiger partial charge in [0.15, 0.2) is 12.0 Å². The first-order valence-corrected chi connectivity index (χ1v) is 9.43. The molecular weight excluding hydrogens is 390 g/mol. The van der Waals surface area contributed by atoms with Crippen molar-refractivity contribution in [2.24, 2.45) is 0 Å². The van der Waals surface area contributed by atoms with E-state index >= 15 is 0 Å². The minimum atomic E-state index is -0.538. The third kappa shape index (κ3) is 3.94. The van der Waals surface area contributed by atoms with Crippen LogP contribution in [-0.2, 0) is 4.74 Å². The lowest BCUT2D eigenvalue weighted by Gasteiger charge is -2.14. The second kappa shape index (κ2) is 8.46. The summed E-state index contributed by atoms with van der Waals surface area (Å²) in [7, 11) is 3.40. The Labute approximate surface area is 173 Å². The van der Waals surface area contributed by atoms with Crippen LogP contribution in [-0.4, -0.2) is 57.5 Å². The first-order chi connectivity index (χ1) is 14.2. The van der Waals surface area contributed by atoms with Crippen LogP contribution in [0.4, 0.5) is 5.82 Å². The molecule has 0 unspecified atom stereocenters. The van der Waals surface area contributed by atoms with Crippen molar-refractivity contribution in [3.8, 4) is 28.6 Å². The van der Waals surface area contributed by atoms with Gasteiger partial charge in [-0.2, -0.15) is 5.10 Å². The maximum atomic E-state index is 12.5. The summed E-state index contributed by atoms with van der Waals surface area (Å²) in [6.45, 7) is 4.86. The van der Waals surface area contributed by atoms with Gasteiger partial charge in [0.1, 0.15) is 18.0 Å². The van der Waals surface area contributed by atoms with E-state index in [2.05, 4.69) is 10.2 Å². The number of methoxy groups -OCH3 is 1. The predicted molar refractivity (Wildman–Crippen MR) is 110 cm³/mol. The van der Waals surface area contributed by atoms with E-state index in [4.69, 9.17) is 4.74 Å². The molecule has 0 saturated carbocycles. The number of nitrogens with one attached hydrogen (secondary N) is 1. The summed E-state index contributed by atoms with van der Waals surface area (Å²) in [5.74, 6) is 0.394. The quantitative estimate of drug-likeness (QED) is 0.338. The highest BCUT2D eigenvalue weighted by molar-refractivity contribution is 5.69. The molecule has 0 bridgehead atoms. The number of ether oxygens (including phenoxy) is 1. The van der Waals surface area contributed by atoms with Crippen molar-refractivity contribution in [3.05, 3.63) is 46.5 Å². The molecule has 4 N–H and O–H groups in total. The first kappa shape index (κ1) is 21.2. The summed E-state index contributed by atoms with van der Waals surface area (Å²) in [5.41, 5.74) is 0.690. The Balaban J connectivity index is 2.09. The van der Waals surface area contributed by atoms with E-state index in [0.29, 0.717) is 30.2 Å². The van der Waals surface area contributed by atoms with Crippen molar-refractivity contribution in [2.45, 2.75) is 19.8 Å². The zero-order valence-corrected chi connectivity index (χ0v) is 17.3. The number of phenols is 2. The molecule has 3 aromatic rings. The van der Waals surface area contributed by atoms with Crippen LogP contribution in [0.25, 0.3) is 17.1 Å². The van der Waals surface area contributed by atoms with Crippen LogP contribution >= 0.6 is 0 Å². The van der Waals surface area contributed by atoms with Crippen LogP contribution < -0.4 is 15.3 Å². The molecule has 30 heavy (non-hydrogen) atoms. The third-order valence-corrected chi connectivity index (χ3v) is 4.85. The van der Waals surface area contributed by atoms with Gasteiger partial charge in [0, 0.05) is 19.2 Å². The smallest absolute Gasteiger partial charge is 0.348 e. The number of phenolic OH excluding ortho intramolecular Hbond substituents is 2. The lowest BCUT2D eigenvalue weighted by Crippen LogP contribution is -2.40. The van der Waals surface area contributed by atoms with E-state index in [1.54, 1.807) is 37.3 Å². The highest BCUT2D eigenvalue weighted by Crippen LogP contribution is 2.37. The van der Waals surface area contributed by atoms with E-state index in [0.717, 1.165) is 4.73 Å². The van der Waals surface area contributed by atoms with Crippen LogP contribution in [0.3, 0.4) is 0 Å². The molecule has 0 amide bonds. The molecule has 0 aliphatic rings. The number of aromatic hydroxyl groups is 2. The van der Waals surface area contributed by atoms with E-state index in [9.17, 15) is 20.2 Å². The van der Waals surface area contributed by atoms with Gasteiger partial charge in [0.05, 0.1) is 24.9 Å². The largest absolute Gasteiger partial charge is 0.508 e. The standard InChI is InChI=1S/C20H25N5O5/c1-12(2)14-9-15(17(27)10-16(14)26)19-21-22-20(28)25(19)13-5-6-18(24(29)11-13)23(3)7-8-30-4/h5-6,9-12H,7-8H2,1-4H3,(H3-,21,22,26,27,28,29)/p+1. The number of aromatic amines is 1. The Kier molecular flexibility index (Phi) is 5.97. The molecule has 0 saturated heterocycles. The van der Waals surface area contributed by atoms with E-state index in [1.807, 2.05) is 13.8 Å². The molecular formula is C20H26N5O5+. The fraction of sp³-hybridized carbons (Fsp3) is 0.350. The van der Waals surface area contributed by atoms with Crippen molar-refractivity contribution in [1.29, 1.82) is 0 Å². The Morgan fingerprint density at radius 1 is 1.27 bits per heavy atom. The summed E-state index contributed by atoms with van der Waals surface area (Å²) in [6, 6.07) is 6.15. The molecule has 1 aromatic carbocycles. The van der Waals surface area contributed by atoms with Crippen LogP contribution in [0.2, 0.25) is 0 Å². The minimum Gasteiger partial charge on any atom is -0.508 e. The molecule has 2 heterocycles. The van der Waals surface area contributed by atoms with Gasteiger partial charge in [-0.05, 0) is 23.6 Å².